The van der Waals surface area contributed by atoms with Gasteiger partial charge in [0.25, 0.3) is 0 Å². The minimum absolute atomic E-state index is 0.138. The molecule has 3 aromatic rings. The zero-order chi connectivity index (χ0) is 23.8. The fourth-order valence-corrected chi connectivity index (χ4v) is 4.46. The van der Waals surface area contributed by atoms with Gasteiger partial charge in [-0.05, 0) is 73.2 Å². The Labute approximate surface area is 201 Å². The maximum Gasteiger partial charge on any atom is 0.157 e. The molecule has 3 aromatic carbocycles. The van der Waals surface area contributed by atoms with E-state index in [2.05, 4.69) is 24.3 Å². The molecule has 1 saturated heterocycles. The summed E-state index contributed by atoms with van der Waals surface area (Å²) in [4.78, 5) is 0. The van der Waals surface area contributed by atoms with Crippen molar-refractivity contribution in [3.63, 3.8) is 0 Å². The van der Waals surface area contributed by atoms with E-state index in [-0.39, 0.29) is 12.1 Å². The van der Waals surface area contributed by atoms with Gasteiger partial charge in [-0.2, -0.15) is 5.26 Å². The van der Waals surface area contributed by atoms with Crippen molar-refractivity contribution in [2.45, 2.75) is 51.7 Å². The summed E-state index contributed by atoms with van der Waals surface area (Å²) in [5.74, 6) is 0.336. The van der Waals surface area contributed by atoms with Gasteiger partial charge in [-0.3, -0.25) is 0 Å². The summed E-state index contributed by atoms with van der Waals surface area (Å²) in [5, 5.41) is 10.5. The van der Waals surface area contributed by atoms with Crippen molar-refractivity contribution in [1.29, 1.82) is 5.26 Å². The van der Waals surface area contributed by atoms with E-state index in [0.717, 1.165) is 61.8 Å². The van der Waals surface area contributed by atoms with Gasteiger partial charge in [0.2, 0.25) is 0 Å². The molecule has 0 spiro atoms. The molecule has 0 atom stereocenters. The van der Waals surface area contributed by atoms with Gasteiger partial charge in [0.1, 0.15) is 5.82 Å². The summed E-state index contributed by atoms with van der Waals surface area (Å²) < 4.78 is 27.0. The van der Waals surface area contributed by atoms with Crippen LogP contribution >= 0.6 is 0 Å². The van der Waals surface area contributed by atoms with Crippen LogP contribution in [0.3, 0.4) is 0 Å². The second kappa shape index (κ2) is 11.9. The van der Waals surface area contributed by atoms with Gasteiger partial charge in [-0.1, -0.05) is 54.6 Å². The number of allylic oxidation sites excluding steroid dienone is 2. The van der Waals surface area contributed by atoms with Crippen LogP contribution in [-0.2, 0) is 28.7 Å². The fraction of sp³-hybridized carbons (Fsp3) is 0.367. The zero-order valence-corrected chi connectivity index (χ0v) is 19.8. The summed E-state index contributed by atoms with van der Waals surface area (Å²) in [6.45, 7) is 3.57. The molecule has 0 aliphatic carbocycles. The lowest BCUT2D eigenvalue weighted by Gasteiger charge is -2.29. The molecular formula is C30H32FNO2. The van der Waals surface area contributed by atoms with Crippen molar-refractivity contribution in [1.82, 2.24) is 0 Å². The van der Waals surface area contributed by atoms with E-state index in [4.69, 9.17) is 14.7 Å². The minimum atomic E-state index is -0.157. The number of nitriles is 1. The predicted molar refractivity (Wildman–Crippen MR) is 134 cm³/mol. The molecule has 1 aliphatic rings. The van der Waals surface area contributed by atoms with Gasteiger partial charge >= 0.3 is 0 Å². The van der Waals surface area contributed by atoms with Crippen LogP contribution in [0.25, 0.3) is 10.8 Å². The van der Waals surface area contributed by atoms with Crippen molar-refractivity contribution in [3.8, 4) is 6.07 Å². The zero-order valence-electron chi connectivity index (χ0n) is 19.8. The normalized spacial score (nSPS) is 18.4. The molecule has 0 amide bonds. The Morgan fingerprint density at radius 1 is 0.941 bits per heavy atom. The molecule has 0 saturated carbocycles. The molecule has 0 unspecified atom stereocenters. The number of aryl methyl sites for hydroxylation is 3. The van der Waals surface area contributed by atoms with Crippen molar-refractivity contribution in [3.05, 3.63) is 94.8 Å². The van der Waals surface area contributed by atoms with E-state index in [1.54, 1.807) is 12.1 Å². The maximum atomic E-state index is 15.2. The first-order valence-electron chi connectivity index (χ1n) is 12.2. The Morgan fingerprint density at radius 3 is 2.44 bits per heavy atom. The second-order valence-electron chi connectivity index (χ2n) is 9.05. The molecule has 0 aromatic heterocycles. The molecule has 1 heterocycles. The summed E-state index contributed by atoms with van der Waals surface area (Å²) in [6.07, 6.45) is 9.30. The van der Waals surface area contributed by atoms with Crippen LogP contribution < -0.4 is 0 Å². The first-order chi connectivity index (χ1) is 16.7. The number of ether oxygens (including phenoxy) is 2. The van der Waals surface area contributed by atoms with Crippen molar-refractivity contribution < 1.29 is 13.9 Å². The Morgan fingerprint density at radius 2 is 1.71 bits per heavy atom. The van der Waals surface area contributed by atoms with E-state index in [1.807, 2.05) is 43.3 Å². The first-order valence-corrected chi connectivity index (χ1v) is 12.2. The van der Waals surface area contributed by atoms with Crippen LogP contribution in [0.4, 0.5) is 4.39 Å². The number of hydrogen-bond donors (Lipinski definition) is 0. The SMILES string of the molecule is C/C=C/CCC1COC(CCc2ccc3c(F)c(CCc4ccc(C#N)cc4)ccc3c2)OC1. The number of nitrogens with zero attached hydrogens (tertiary/aromatic N) is 1. The monoisotopic (exact) mass is 457 g/mol. The number of benzene rings is 3. The third-order valence-corrected chi connectivity index (χ3v) is 6.55. The molecule has 34 heavy (non-hydrogen) atoms. The van der Waals surface area contributed by atoms with Crippen LogP contribution in [0, 0.1) is 23.1 Å². The highest BCUT2D eigenvalue weighted by Gasteiger charge is 2.21. The standard InChI is InChI=1S/C30H32FNO2/c1-2-3-4-5-25-20-33-29(34-21-25)17-12-23-11-16-28-27(18-23)15-14-26(30(28)31)13-10-22-6-8-24(19-32)9-7-22/h2-3,6-9,11,14-16,18,25,29H,4-5,10,12-13,17,20-21H2,1H3/b3-2+. The van der Waals surface area contributed by atoms with Crippen LogP contribution in [-0.4, -0.2) is 19.5 Å². The number of rotatable bonds is 9. The highest BCUT2D eigenvalue weighted by atomic mass is 19.1. The summed E-state index contributed by atoms with van der Waals surface area (Å²) in [5.41, 5.74) is 3.63. The highest BCUT2D eigenvalue weighted by Crippen LogP contribution is 2.25. The Bertz CT molecular complexity index is 1150. The predicted octanol–water partition coefficient (Wildman–Crippen LogP) is 6.91. The highest BCUT2D eigenvalue weighted by molar-refractivity contribution is 5.84. The van der Waals surface area contributed by atoms with Crippen LogP contribution in [0.2, 0.25) is 0 Å². The summed E-state index contributed by atoms with van der Waals surface area (Å²) in [7, 11) is 0. The lowest BCUT2D eigenvalue weighted by molar-refractivity contribution is -0.203. The molecular weight excluding hydrogens is 425 g/mol. The van der Waals surface area contributed by atoms with Gasteiger partial charge in [-0.25, -0.2) is 4.39 Å². The topological polar surface area (TPSA) is 42.2 Å². The average Bonchev–Trinajstić information content (AvgIpc) is 2.88. The van der Waals surface area contributed by atoms with Crippen LogP contribution in [0.15, 0.2) is 66.7 Å². The van der Waals surface area contributed by atoms with Crippen molar-refractivity contribution in [2.24, 2.45) is 5.92 Å². The molecule has 176 valence electrons. The van der Waals surface area contributed by atoms with Gasteiger partial charge in [0.05, 0.1) is 24.8 Å². The van der Waals surface area contributed by atoms with Gasteiger partial charge in [0.15, 0.2) is 6.29 Å². The molecule has 1 fully saturated rings. The Kier molecular flexibility index (Phi) is 8.46. The Hall–Kier alpha value is -3.00. The summed E-state index contributed by atoms with van der Waals surface area (Å²) in [6, 6.07) is 19.5. The molecule has 0 bridgehead atoms. The van der Waals surface area contributed by atoms with Crippen molar-refractivity contribution >= 4 is 10.8 Å². The Balaban J connectivity index is 1.31. The van der Waals surface area contributed by atoms with E-state index in [1.165, 1.54) is 5.56 Å². The third-order valence-electron chi connectivity index (χ3n) is 6.55. The number of halogens is 1. The molecule has 4 heteroatoms. The fourth-order valence-electron chi connectivity index (χ4n) is 4.46. The quantitative estimate of drug-likeness (QED) is 0.328. The smallest absolute Gasteiger partial charge is 0.157 e. The number of fused-ring (bicyclic) bond motifs is 1. The minimum Gasteiger partial charge on any atom is -0.352 e. The molecule has 4 rings (SSSR count). The largest absolute Gasteiger partial charge is 0.352 e. The first kappa shape index (κ1) is 24.1. The molecule has 3 nitrogen and oxygen atoms in total. The molecule has 1 aliphatic heterocycles. The maximum absolute atomic E-state index is 15.2. The molecule has 0 radical (unpaired) electrons. The van der Waals surface area contributed by atoms with E-state index in [0.29, 0.717) is 23.3 Å². The van der Waals surface area contributed by atoms with Gasteiger partial charge in [-0.15, -0.1) is 0 Å². The van der Waals surface area contributed by atoms with Crippen molar-refractivity contribution in [2.75, 3.05) is 13.2 Å². The van der Waals surface area contributed by atoms with E-state index < -0.39 is 0 Å². The van der Waals surface area contributed by atoms with Crippen LogP contribution in [0.5, 0.6) is 0 Å². The second-order valence-corrected chi connectivity index (χ2v) is 9.05. The third kappa shape index (κ3) is 6.32. The lowest BCUT2D eigenvalue weighted by atomic mass is 9.98. The van der Waals surface area contributed by atoms with E-state index >= 15 is 4.39 Å². The average molecular weight is 458 g/mol. The van der Waals surface area contributed by atoms with E-state index in [9.17, 15) is 0 Å². The number of hydrogen-bond acceptors (Lipinski definition) is 3. The van der Waals surface area contributed by atoms with Crippen LogP contribution in [0.1, 0.15) is 48.4 Å². The molecule has 0 N–H and O–H groups in total. The lowest BCUT2D eigenvalue weighted by Crippen LogP contribution is -2.32. The van der Waals surface area contributed by atoms with Gasteiger partial charge < -0.3 is 9.47 Å². The van der Waals surface area contributed by atoms with Gasteiger partial charge in [0, 0.05) is 17.7 Å². The summed E-state index contributed by atoms with van der Waals surface area (Å²) >= 11 is 0.